The van der Waals surface area contributed by atoms with Crippen LogP contribution in [0.1, 0.15) is 50.7 Å². The van der Waals surface area contributed by atoms with Crippen molar-refractivity contribution in [2.45, 2.75) is 70.9 Å². The Kier molecular flexibility index (Phi) is 3.00. The maximum Gasteiger partial charge on any atom is 0.0922 e. The van der Waals surface area contributed by atoms with Gasteiger partial charge in [0.05, 0.1) is 24.4 Å². The van der Waals surface area contributed by atoms with Crippen LogP contribution in [0.25, 0.3) is 0 Å². The van der Waals surface area contributed by atoms with Gasteiger partial charge in [-0.2, -0.15) is 0 Å². The lowest BCUT2D eigenvalue weighted by Gasteiger charge is -2.58. The Morgan fingerprint density at radius 1 is 1.19 bits per heavy atom. The number of benzene rings is 1. The minimum Gasteiger partial charge on any atom is -0.371 e. The second kappa shape index (κ2) is 4.57. The van der Waals surface area contributed by atoms with E-state index < -0.39 is 0 Å². The molecule has 2 saturated heterocycles. The van der Waals surface area contributed by atoms with Crippen molar-refractivity contribution in [3.8, 4) is 0 Å². The third kappa shape index (κ3) is 1.99. The van der Waals surface area contributed by atoms with Gasteiger partial charge in [0.15, 0.2) is 0 Å². The van der Waals surface area contributed by atoms with Crippen LogP contribution < -0.4 is 0 Å². The molecule has 2 saturated carbocycles. The SMILES string of the molecule is Cc1ccccc1CO[C@H]1C[C@]2(C)[C@@H]3CC[C@H]2O[C@]1(C)C3. The maximum absolute atomic E-state index is 6.47. The van der Waals surface area contributed by atoms with E-state index in [9.17, 15) is 0 Å². The zero-order valence-electron chi connectivity index (χ0n) is 13.4. The number of fused-ring (bicyclic) bond motifs is 1. The normalized spacial score (nSPS) is 44.2. The number of aryl methyl sites for hydroxylation is 1. The molecular weight excluding hydrogens is 260 g/mol. The molecule has 0 radical (unpaired) electrons. The highest BCUT2D eigenvalue weighted by atomic mass is 16.6. The van der Waals surface area contributed by atoms with Gasteiger partial charge in [-0.25, -0.2) is 0 Å². The number of ether oxygens (including phenoxy) is 2. The van der Waals surface area contributed by atoms with Crippen molar-refractivity contribution in [2.75, 3.05) is 0 Å². The summed E-state index contributed by atoms with van der Waals surface area (Å²) in [6.45, 7) is 7.57. The molecule has 2 nitrogen and oxygen atoms in total. The Labute approximate surface area is 127 Å². The van der Waals surface area contributed by atoms with E-state index in [0.29, 0.717) is 18.1 Å². The highest BCUT2D eigenvalue weighted by molar-refractivity contribution is 5.25. The van der Waals surface area contributed by atoms with Crippen molar-refractivity contribution in [1.82, 2.24) is 0 Å². The summed E-state index contributed by atoms with van der Waals surface area (Å²) in [7, 11) is 0. The van der Waals surface area contributed by atoms with Crippen molar-refractivity contribution in [3.05, 3.63) is 35.4 Å². The first-order valence-electron chi connectivity index (χ1n) is 8.35. The molecule has 4 fully saturated rings. The Bertz CT molecular complexity index is 536. The molecule has 1 aromatic rings. The second-order valence-electron chi connectivity index (χ2n) is 7.83. The zero-order valence-corrected chi connectivity index (χ0v) is 13.4. The summed E-state index contributed by atoms with van der Waals surface area (Å²) in [5.74, 6) is 0.847. The van der Waals surface area contributed by atoms with Crippen molar-refractivity contribution < 1.29 is 9.47 Å². The quantitative estimate of drug-likeness (QED) is 0.827. The van der Waals surface area contributed by atoms with E-state index in [4.69, 9.17) is 9.47 Å². The maximum atomic E-state index is 6.47. The van der Waals surface area contributed by atoms with E-state index in [2.05, 4.69) is 45.0 Å². The molecule has 5 rings (SSSR count). The lowest BCUT2D eigenvalue weighted by atomic mass is 9.60. The van der Waals surface area contributed by atoms with Crippen molar-refractivity contribution in [2.24, 2.45) is 11.3 Å². The van der Waals surface area contributed by atoms with Crippen molar-refractivity contribution >= 4 is 0 Å². The molecule has 2 aliphatic heterocycles. The summed E-state index contributed by atoms with van der Waals surface area (Å²) < 4.78 is 12.8. The van der Waals surface area contributed by atoms with Crippen LogP contribution in [0.4, 0.5) is 0 Å². The van der Waals surface area contributed by atoms with Crippen LogP contribution in [0.2, 0.25) is 0 Å². The fourth-order valence-electron chi connectivity index (χ4n) is 4.98. The van der Waals surface area contributed by atoms with Crippen LogP contribution in [-0.4, -0.2) is 17.8 Å². The van der Waals surface area contributed by atoms with Crippen molar-refractivity contribution in [3.63, 3.8) is 0 Å². The molecule has 0 aromatic heterocycles. The fraction of sp³-hybridized carbons (Fsp3) is 0.684. The molecule has 1 aromatic carbocycles. The smallest absolute Gasteiger partial charge is 0.0922 e. The lowest BCUT2D eigenvalue weighted by Crippen LogP contribution is -2.63. The van der Waals surface area contributed by atoms with Gasteiger partial charge in [0.1, 0.15) is 0 Å². The van der Waals surface area contributed by atoms with Gasteiger partial charge in [-0.1, -0.05) is 31.2 Å². The molecule has 21 heavy (non-hydrogen) atoms. The van der Waals surface area contributed by atoms with Gasteiger partial charge in [-0.05, 0) is 62.0 Å². The fourth-order valence-corrected chi connectivity index (χ4v) is 4.98. The molecule has 0 unspecified atom stereocenters. The standard InChI is InChI=1S/C19H26O2/c1-13-6-4-5-7-14(13)12-20-17-11-18(2)15-8-9-16(18)21-19(17,3)10-15/h4-7,15-17H,8-12H2,1-3H3/t15-,16-,17+,18-,19-/m1/s1. The van der Waals surface area contributed by atoms with E-state index in [1.165, 1.54) is 36.8 Å². The van der Waals surface area contributed by atoms with Crippen LogP contribution in [0.3, 0.4) is 0 Å². The van der Waals surface area contributed by atoms with Gasteiger partial charge in [-0.15, -0.1) is 0 Å². The van der Waals surface area contributed by atoms with E-state index in [1.54, 1.807) is 0 Å². The van der Waals surface area contributed by atoms with Gasteiger partial charge in [0.2, 0.25) is 0 Å². The zero-order chi connectivity index (χ0) is 14.7. The third-order valence-electron chi connectivity index (χ3n) is 6.52. The summed E-state index contributed by atoms with van der Waals surface area (Å²) in [6, 6.07) is 8.51. The predicted molar refractivity (Wildman–Crippen MR) is 83.1 cm³/mol. The molecule has 0 N–H and O–H groups in total. The van der Waals surface area contributed by atoms with Gasteiger partial charge in [0.25, 0.3) is 0 Å². The summed E-state index contributed by atoms with van der Waals surface area (Å²) in [4.78, 5) is 0. The summed E-state index contributed by atoms with van der Waals surface area (Å²) in [5, 5.41) is 0. The first kappa shape index (κ1) is 13.8. The van der Waals surface area contributed by atoms with E-state index in [-0.39, 0.29) is 11.7 Å². The molecule has 114 valence electrons. The van der Waals surface area contributed by atoms with Crippen LogP contribution in [-0.2, 0) is 16.1 Å². The van der Waals surface area contributed by atoms with E-state index in [1.807, 2.05) is 0 Å². The molecule has 2 heteroatoms. The third-order valence-corrected chi connectivity index (χ3v) is 6.52. The van der Waals surface area contributed by atoms with Crippen LogP contribution in [0.15, 0.2) is 24.3 Å². The number of hydrogen-bond donors (Lipinski definition) is 0. The molecule has 4 aliphatic rings. The highest BCUT2D eigenvalue weighted by Gasteiger charge is 2.63. The second-order valence-corrected chi connectivity index (χ2v) is 7.83. The number of rotatable bonds is 3. The molecule has 2 heterocycles. The molecule has 5 atom stereocenters. The average Bonchev–Trinajstić information content (AvgIpc) is 2.65. The Balaban J connectivity index is 1.51. The first-order chi connectivity index (χ1) is 10.0. The Morgan fingerprint density at radius 2 is 2.00 bits per heavy atom. The Hall–Kier alpha value is -0.860. The van der Waals surface area contributed by atoms with E-state index >= 15 is 0 Å². The van der Waals surface area contributed by atoms with Crippen LogP contribution >= 0.6 is 0 Å². The Morgan fingerprint density at radius 3 is 2.76 bits per heavy atom. The van der Waals surface area contributed by atoms with Gasteiger partial charge in [0, 0.05) is 0 Å². The summed E-state index contributed by atoms with van der Waals surface area (Å²) in [6.07, 6.45) is 5.67. The molecule has 2 aliphatic carbocycles. The lowest BCUT2D eigenvalue weighted by molar-refractivity contribution is -0.280. The van der Waals surface area contributed by atoms with Gasteiger partial charge < -0.3 is 9.47 Å². The monoisotopic (exact) mass is 286 g/mol. The average molecular weight is 286 g/mol. The van der Waals surface area contributed by atoms with E-state index in [0.717, 1.165) is 5.92 Å². The highest BCUT2D eigenvalue weighted by Crippen LogP contribution is 2.62. The minimum atomic E-state index is -0.0632. The number of hydrogen-bond acceptors (Lipinski definition) is 2. The predicted octanol–water partition coefficient (Wildman–Crippen LogP) is 4.25. The minimum absolute atomic E-state index is 0.0632. The molecule has 0 amide bonds. The largest absolute Gasteiger partial charge is 0.371 e. The van der Waals surface area contributed by atoms with Crippen LogP contribution in [0.5, 0.6) is 0 Å². The topological polar surface area (TPSA) is 18.5 Å². The summed E-state index contributed by atoms with van der Waals surface area (Å²) in [5.41, 5.74) is 2.91. The molecule has 0 spiro atoms. The molecule has 4 bridgehead atoms. The first-order valence-corrected chi connectivity index (χ1v) is 8.35. The van der Waals surface area contributed by atoms with Gasteiger partial charge >= 0.3 is 0 Å². The van der Waals surface area contributed by atoms with Crippen LogP contribution in [0, 0.1) is 18.3 Å². The van der Waals surface area contributed by atoms with Crippen molar-refractivity contribution in [1.29, 1.82) is 0 Å². The van der Waals surface area contributed by atoms with Gasteiger partial charge in [-0.3, -0.25) is 0 Å². The molecular formula is C19H26O2. The summed E-state index contributed by atoms with van der Waals surface area (Å²) >= 11 is 0.